The standard InChI is InChI=1S/C42H32N2O4/c1-3-41(45)47-39-27-23-37(24-28-39)44(38-25-29-40(30-26-38)48-42(46)4-2)36-21-17-32(18-22-36)31-15-19-35(20-16-31)43(33-11-7-5-8-12-33)34-13-9-6-10-14-34/h3-30H,1-2H2. The monoisotopic (exact) mass is 628 g/mol. The highest BCUT2D eigenvalue weighted by Gasteiger charge is 2.15. The summed E-state index contributed by atoms with van der Waals surface area (Å²) in [6, 6.07) is 51.9. The molecule has 0 heterocycles. The first-order chi connectivity index (χ1) is 23.5. The molecule has 0 atom stereocenters. The number of esters is 2. The number of hydrogen-bond acceptors (Lipinski definition) is 6. The van der Waals surface area contributed by atoms with Crippen LogP contribution in [0.5, 0.6) is 11.5 Å². The Hall–Kier alpha value is -6.66. The highest BCUT2D eigenvalue weighted by molar-refractivity contribution is 5.85. The van der Waals surface area contributed by atoms with Gasteiger partial charge in [0, 0.05) is 46.3 Å². The van der Waals surface area contributed by atoms with Gasteiger partial charge in [-0.1, -0.05) is 73.8 Å². The van der Waals surface area contributed by atoms with E-state index in [2.05, 4.69) is 95.8 Å². The summed E-state index contributed by atoms with van der Waals surface area (Å²) in [7, 11) is 0. The van der Waals surface area contributed by atoms with E-state index < -0.39 is 11.9 Å². The molecule has 0 aliphatic rings. The molecular formula is C42H32N2O4. The Morgan fingerprint density at radius 3 is 0.958 bits per heavy atom. The van der Waals surface area contributed by atoms with Crippen LogP contribution < -0.4 is 19.3 Å². The van der Waals surface area contributed by atoms with E-state index in [0.29, 0.717) is 11.5 Å². The maximum absolute atomic E-state index is 11.7. The summed E-state index contributed by atoms with van der Waals surface area (Å²) in [5, 5.41) is 0. The lowest BCUT2D eigenvalue weighted by Gasteiger charge is -2.26. The molecule has 0 aliphatic carbocycles. The second kappa shape index (κ2) is 14.6. The zero-order chi connectivity index (χ0) is 33.3. The summed E-state index contributed by atoms with van der Waals surface area (Å²) in [5.74, 6) is -0.235. The van der Waals surface area contributed by atoms with Gasteiger partial charge in [0.1, 0.15) is 11.5 Å². The molecule has 0 spiro atoms. The van der Waals surface area contributed by atoms with Crippen LogP contribution in [0.15, 0.2) is 183 Å². The van der Waals surface area contributed by atoms with E-state index in [-0.39, 0.29) is 0 Å². The summed E-state index contributed by atoms with van der Waals surface area (Å²) < 4.78 is 10.6. The molecule has 0 saturated carbocycles. The molecule has 6 heteroatoms. The van der Waals surface area contributed by atoms with Gasteiger partial charge in [-0.3, -0.25) is 0 Å². The minimum Gasteiger partial charge on any atom is -0.423 e. The van der Waals surface area contributed by atoms with Gasteiger partial charge >= 0.3 is 11.9 Å². The fraction of sp³-hybridized carbons (Fsp3) is 0. The van der Waals surface area contributed by atoms with Gasteiger partial charge < -0.3 is 19.3 Å². The number of hydrogen-bond donors (Lipinski definition) is 0. The number of nitrogens with zero attached hydrogens (tertiary/aromatic N) is 2. The SMILES string of the molecule is C=CC(=O)Oc1ccc(N(c2ccc(OC(=O)C=C)cc2)c2ccc(-c3ccc(N(c4ccccc4)c4ccccc4)cc3)cc2)cc1. The first-order valence-corrected chi connectivity index (χ1v) is 15.3. The van der Waals surface area contributed by atoms with Crippen LogP contribution in [-0.2, 0) is 9.59 Å². The Bertz CT molecular complexity index is 1900. The molecule has 6 nitrogen and oxygen atoms in total. The second-order valence-corrected chi connectivity index (χ2v) is 10.7. The smallest absolute Gasteiger partial charge is 0.335 e. The van der Waals surface area contributed by atoms with Gasteiger partial charge in [-0.2, -0.15) is 0 Å². The van der Waals surface area contributed by atoms with E-state index in [9.17, 15) is 9.59 Å². The van der Waals surface area contributed by atoms with E-state index in [1.54, 1.807) is 24.3 Å². The van der Waals surface area contributed by atoms with Crippen molar-refractivity contribution < 1.29 is 19.1 Å². The zero-order valence-corrected chi connectivity index (χ0v) is 26.1. The van der Waals surface area contributed by atoms with Crippen LogP contribution in [-0.4, -0.2) is 11.9 Å². The second-order valence-electron chi connectivity index (χ2n) is 10.7. The Kier molecular flexibility index (Phi) is 9.54. The third-order valence-corrected chi connectivity index (χ3v) is 7.57. The largest absolute Gasteiger partial charge is 0.423 e. The normalized spacial score (nSPS) is 10.4. The van der Waals surface area contributed by atoms with Crippen molar-refractivity contribution in [3.05, 3.63) is 183 Å². The third kappa shape index (κ3) is 7.25. The van der Waals surface area contributed by atoms with Crippen molar-refractivity contribution in [2.75, 3.05) is 9.80 Å². The van der Waals surface area contributed by atoms with E-state index >= 15 is 0 Å². The van der Waals surface area contributed by atoms with Gasteiger partial charge in [-0.05, 0) is 108 Å². The molecule has 6 aromatic rings. The lowest BCUT2D eigenvalue weighted by atomic mass is 10.0. The molecule has 6 aromatic carbocycles. The zero-order valence-electron chi connectivity index (χ0n) is 26.1. The Morgan fingerprint density at radius 1 is 0.396 bits per heavy atom. The molecule has 0 saturated heterocycles. The Labute approximate surface area is 280 Å². The van der Waals surface area contributed by atoms with E-state index in [1.807, 2.05) is 60.7 Å². The number of para-hydroxylation sites is 2. The van der Waals surface area contributed by atoms with Crippen molar-refractivity contribution in [3.63, 3.8) is 0 Å². The Balaban J connectivity index is 1.30. The molecule has 6 rings (SSSR count). The summed E-state index contributed by atoms with van der Waals surface area (Å²) in [4.78, 5) is 27.7. The first kappa shape index (κ1) is 31.3. The van der Waals surface area contributed by atoms with Gasteiger partial charge in [0.2, 0.25) is 0 Å². The summed E-state index contributed by atoms with van der Waals surface area (Å²) >= 11 is 0. The van der Waals surface area contributed by atoms with Crippen molar-refractivity contribution in [3.8, 4) is 22.6 Å². The predicted molar refractivity (Wildman–Crippen MR) is 193 cm³/mol. The molecule has 0 unspecified atom stereocenters. The van der Waals surface area contributed by atoms with Crippen LogP contribution in [0.4, 0.5) is 34.1 Å². The van der Waals surface area contributed by atoms with Crippen molar-refractivity contribution in [1.29, 1.82) is 0 Å². The Morgan fingerprint density at radius 2 is 0.667 bits per heavy atom. The molecule has 0 aliphatic heterocycles. The minimum atomic E-state index is -0.527. The van der Waals surface area contributed by atoms with Crippen molar-refractivity contribution >= 4 is 46.1 Å². The van der Waals surface area contributed by atoms with Gasteiger partial charge in [-0.25, -0.2) is 9.59 Å². The molecule has 0 bridgehead atoms. The summed E-state index contributed by atoms with van der Waals surface area (Å²) in [5.41, 5.74) is 7.95. The summed E-state index contributed by atoms with van der Waals surface area (Å²) in [6.07, 6.45) is 2.25. The number of rotatable bonds is 11. The van der Waals surface area contributed by atoms with Gasteiger partial charge in [-0.15, -0.1) is 0 Å². The summed E-state index contributed by atoms with van der Waals surface area (Å²) in [6.45, 7) is 6.91. The lowest BCUT2D eigenvalue weighted by molar-refractivity contribution is -0.129. The van der Waals surface area contributed by atoms with E-state index in [4.69, 9.17) is 9.47 Å². The molecule has 0 amide bonds. The van der Waals surface area contributed by atoms with Crippen LogP contribution in [0.3, 0.4) is 0 Å². The van der Waals surface area contributed by atoms with Gasteiger partial charge in [0.15, 0.2) is 0 Å². The van der Waals surface area contributed by atoms with Crippen LogP contribution in [0.1, 0.15) is 0 Å². The van der Waals surface area contributed by atoms with Crippen molar-refractivity contribution in [2.45, 2.75) is 0 Å². The molecule has 48 heavy (non-hydrogen) atoms. The average Bonchev–Trinajstić information content (AvgIpc) is 3.14. The van der Waals surface area contributed by atoms with Crippen LogP contribution in [0.25, 0.3) is 11.1 Å². The number of carbonyl (C=O) groups excluding carboxylic acids is 2. The highest BCUT2D eigenvalue weighted by Crippen LogP contribution is 2.38. The minimum absolute atomic E-state index is 0.409. The van der Waals surface area contributed by atoms with Gasteiger partial charge in [0.25, 0.3) is 0 Å². The predicted octanol–water partition coefficient (Wildman–Crippen LogP) is 10.5. The quantitative estimate of drug-likeness (QED) is 0.0808. The van der Waals surface area contributed by atoms with Gasteiger partial charge in [0.05, 0.1) is 0 Å². The maximum atomic E-state index is 11.7. The van der Waals surface area contributed by atoms with Crippen molar-refractivity contribution in [1.82, 2.24) is 0 Å². The van der Waals surface area contributed by atoms with E-state index in [1.165, 1.54) is 0 Å². The fourth-order valence-corrected chi connectivity index (χ4v) is 5.30. The third-order valence-electron chi connectivity index (χ3n) is 7.57. The lowest BCUT2D eigenvalue weighted by Crippen LogP contribution is -2.10. The average molecular weight is 629 g/mol. The fourth-order valence-electron chi connectivity index (χ4n) is 5.30. The topological polar surface area (TPSA) is 59.1 Å². The van der Waals surface area contributed by atoms with Crippen LogP contribution in [0.2, 0.25) is 0 Å². The molecule has 234 valence electrons. The molecule has 0 radical (unpaired) electrons. The number of anilines is 6. The maximum Gasteiger partial charge on any atom is 0.335 e. The molecule has 0 aromatic heterocycles. The number of benzene rings is 6. The number of carbonyl (C=O) groups is 2. The molecular weight excluding hydrogens is 596 g/mol. The highest BCUT2D eigenvalue weighted by atomic mass is 16.5. The first-order valence-electron chi connectivity index (χ1n) is 15.3. The van der Waals surface area contributed by atoms with Crippen LogP contribution in [0, 0.1) is 0 Å². The van der Waals surface area contributed by atoms with E-state index in [0.717, 1.165) is 57.4 Å². The molecule has 0 fully saturated rings. The molecule has 0 N–H and O–H groups in total. The number of ether oxygens (including phenoxy) is 2. The van der Waals surface area contributed by atoms with Crippen molar-refractivity contribution in [2.24, 2.45) is 0 Å². The van der Waals surface area contributed by atoms with Crippen LogP contribution >= 0.6 is 0 Å².